The molecule has 1 aromatic heterocycles. The molecule has 1 N–H and O–H groups in total. The average molecular weight is 338 g/mol. The van der Waals surface area contributed by atoms with Gasteiger partial charge in [0.25, 0.3) is 0 Å². The van der Waals surface area contributed by atoms with Crippen LogP contribution in [0.25, 0.3) is 0 Å². The number of anilines is 1. The second-order valence-corrected chi connectivity index (χ2v) is 5.08. The molecule has 0 aliphatic carbocycles. The molecule has 0 aliphatic heterocycles. The van der Waals surface area contributed by atoms with Gasteiger partial charge >= 0.3 is 0 Å². The molecule has 106 valence electrons. The van der Waals surface area contributed by atoms with Crippen LogP contribution in [0, 0.1) is 6.92 Å². The van der Waals surface area contributed by atoms with Crippen LogP contribution in [-0.2, 0) is 6.54 Å². The normalized spacial score (nSPS) is 10.2. The molecular weight excluding hydrogens is 322 g/mol. The summed E-state index contributed by atoms with van der Waals surface area (Å²) in [6.07, 6.45) is 0. The number of aromatic nitrogens is 2. The summed E-state index contributed by atoms with van der Waals surface area (Å²) in [5, 5.41) is 11.3. The first-order valence-corrected chi connectivity index (χ1v) is 6.88. The lowest BCUT2D eigenvalue weighted by atomic mass is 10.2. The Bertz CT molecular complexity index is 588. The van der Waals surface area contributed by atoms with Crippen molar-refractivity contribution in [2.45, 2.75) is 13.5 Å². The molecule has 0 unspecified atom stereocenters. The van der Waals surface area contributed by atoms with E-state index in [-0.39, 0.29) is 0 Å². The number of hydrogen-bond acceptors (Lipinski definition) is 5. The zero-order chi connectivity index (χ0) is 14.5. The van der Waals surface area contributed by atoms with Gasteiger partial charge in [0.05, 0.1) is 24.4 Å². The summed E-state index contributed by atoms with van der Waals surface area (Å²) in [7, 11) is 3.23. The molecular formula is C14H16BrN3O2. The van der Waals surface area contributed by atoms with Crippen LogP contribution in [-0.4, -0.2) is 24.4 Å². The summed E-state index contributed by atoms with van der Waals surface area (Å²) in [6, 6.07) is 7.73. The van der Waals surface area contributed by atoms with Crippen LogP contribution in [0.1, 0.15) is 11.3 Å². The fourth-order valence-corrected chi connectivity index (χ4v) is 2.41. The van der Waals surface area contributed by atoms with Crippen molar-refractivity contribution < 1.29 is 9.47 Å². The van der Waals surface area contributed by atoms with Crippen molar-refractivity contribution in [3.8, 4) is 11.5 Å². The number of rotatable bonds is 5. The zero-order valence-electron chi connectivity index (χ0n) is 11.6. The molecule has 1 heterocycles. The van der Waals surface area contributed by atoms with Gasteiger partial charge in [-0.25, -0.2) is 0 Å². The molecule has 2 rings (SSSR count). The third kappa shape index (κ3) is 3.39. The minimum Gasteiger partial charge on any atom is -0.493 e. The molecule has 0 saturated carbocycles. The molecule has 0 radical (unpaired) electrons. The lowest BCUT2D eigenvalue weighted by Gasteiger charge is -2.12. The minimum atomic E-state index is 0.622. The number of benzene rings is 1. The molecule has 2 aromatic rings. The Morgan fingerprint density at radius 1 is 1.15 bits per heavy atom. The number of aryl methyl sites for hydroxylation is 1. The maximum absolute atomic E-state index is 5.31. The van der Waals surface area contributed by atoms with Gasteiger partial charge in [-0.2, -0.15) is 5.10 Å². The van der Waals surface area contributed by atoms with E-state index in [0.29, 0.717) is 18.0 Å². The van der Waals surface area contributed by atoms with Gasteiger partial charge in [-0.05, 0) is 52.7 Å². The summed E-state index contributed by atoms with van der Waals surface area (Å²) >= 11 is 3.47. The molecule has 5 nitrogen and oxygen atoms in total. The Labute approximate surface area is 126 Å². The van der Waals surface area contributed by atoms with Crippen molar-refractivity contribution in [3.63, 3.8) is 0 Å². The van der Waals surface area contributed by atoms with E-state index in [2.05, 4.69) is 31.4 Å². The van der Waals surface area contributed by atoms with Crippen LogP contribution in [0.15, 0.2) is 28.7 Å². The standard InChI is InChI=1S/C14H16BrN3O2/c1-9-4-5-13(18-17-9)16-8-10-6-11(15)14(20-3)12(7-10)19-2/h4-7H,8H2,1-3H3,(H,16,18). The topological polar surface area (TPSA) is 56.3 Å². The maximum atomic E-state index is 5.31. The van der Waals surface area contributed by atoms with Crippen LogP contribution < -0.4 is 14.8 Å². The van der Waals surface area contributed by atoms with Crippen molar-refractivity contribution in [1.82, 2.24) is 10.2 Å². The van der Waals surface area contributed by atoms with Crippen molar-refractivity contribution in [1.29, 1.82) is 0 Å². The number of hydrogen-bond donors (Lipinski definition) is 1. The highest BCUT2D eigenvalue weighted by Gasteiger charge is 2.10. The zero-order valence-corrected chi connectivity index (χ0v) is 13.2. The second-order valence-electron chi connectivity index (χ2n) is 4.23. The third-order valence-electron chi connectivity index (χ3n) is 2.76. The first-order valence-electron chi connectivity index (χ1n) is 6.08. The number of halogens is 1. The molecule has 0 atom stereocenters. The predicted octanol–water partition coefficient (Wildman–Crippen LogP) is 3.18. The van der Waals surface area contributed by atoms with Gasteiger partial charge in [0, 0.05) is 6.54 Å². The fraction of sp³-hybridized carbons (Fsp3) is 0.286. The van der Waals surface area contributed by atoms with Crippen LogP contribution in [0.3, 0.4) is 0 Å². The van der Waals surface area contributed by atoms with E-state index in [1.165, 1.54) is 0 Å². The molecule has 0 amide bonds. The fourth-order valence-electron chi connectivity index (χ4n) is 1.76. The van der Waals surface area contributed by atoms with Gasteiger partial charge in [-0.1, -0.05) is 0 Å². The van der Waals surface area contributed by atoms with Gasteiger partial charge in [0.15, 0.2) is 11.5 Å². The Morgan fingerprint density at radius 2 is 1.95 bits per heavy atom. The van der Waals surface area contributed by atoms with E-state index >= 15 is 0 Å². The quantitative estimate of drug-likeness (QED) is 0.907. The van der Waals surface area contributed by atoms with E-state index in [4.69, 9.17) is 9.47 Å². The van der Waals surface area contributed by atoms with Crippen molar-refractivity contribution in [2.24, 2.45) is 0 Å². The number of ether oxygens (including phenoxy) is 2. The van der Waals surface area contributed by atoms with Gasteiger partial charge in [0.2, 0.25) is 0 Å². The lowest BCUT2D eigenvalue weighted by Crippen LogP contribution is -2.03. The van der Waals surface area contributed by atoms with Crippen LogP contribution >= 0.6 is 15.9 Å². The average Bonchev–Trinajstić information content (AvgIpc) is 2.46. The first-order chi connectivity index (χ1) is 9.63. The summed E-state index contributed by atoms with van der Waals surface area (Å²) in [4.78, 5) is 0. The Hall–Kier alpha value is -1.82. The molecule has 1 aromatic carbocycles. The van der Waals surface area contributed by atoms with Crippen molar-refractivity contribution in [3.05, 3.63) is 40.0 Å². The van der Waals surface area contributed by atoms with E-state index < -0.39 is 0 Å². The van der Waals surface area contributed by atoms with Crippen molar-refractivity contribution in [2.75, 3.05) is 19.5 Å². The molecule has 6 heteroatoms. The SMILES string of the molecule is COc1cc(CNc2ccc(C)nn2)cc(Br)c1OC. The maximum Gasteiger partial charge on any atom is 0.174 e. The Kier molecular flexibility index (Phi) is 4.79. The van der Waals surface area contributed by atoms with Crippen LogP contribution in [0.4, 0.5) is 5.82 Å². The molecule has 0 spiro atoms. The summed E-state index contributed by atoms with van der Waals surface area (Å²) in [6.45, 7) is 2.53. The van der Waals surface area contributed by atoms with Gasteiger partial charge in [-0.15, -0.1) is 5.10 Å². The molecule has 0 aliphatic rings. The molecule has 0 bridgehead atoms. The van der Waals surface area contributed by atoms with E-state index in [1.54, 1.807) is 14.2 Å². The molecule has 0 fully saturated rings. The smallest absolute Gasteiger partial charge is 0.174 e. The first kappa shape index (κ1) is 14.6. The number of nitrogens with one attached hydrogen (secondary N) is 1. The predicted molar refractivity (Wildman–Crippen MR) is 81.3 cm³/mol. The van der Waals surface area contributed by atoms with Gasteiger partial charge < -0.3 is 14.8 Å². The van der Waals surface area contributed by atoms with E-state index in [1.807, 2.05) is 31.2 Å². The van der Waals surface area contributed by atoms with Gasteiger partial charge in [-0.3, -0.25) is 0 Å². The minimum absolute atomic E-state index is 0.622. The monoisotopic (exact) mass is 337 g/mol. The summed E-state index contributed by atoms with van der Waals surface area (Å²) in [5.74, 6) is 2.11. The number of nitrogens with zero attached hydrogens (tertiary/aromatic N) is 2. The highest BCUT2D eigenvalue weighted by Crippen LogP contribution is 2.36. The second kappa shape index (κ2) is 6.56. The lowest BCUT2D eigenvalue weighted by molar-refractivity contribution is 0.352. The third-order valence-corrected chi connectivity index (χ3v) is 3.35. The van der Waals surface area contributed by atoms with Crippen molar-refractivity contribution >= 4 is 21.7 Å². The number of methoxy groups -OCH3 is 2. The largest absolute Gasteiger partial charge is 0.493 e. The van der Waals surface area contributed by atoms with E-state index in [0.717, 1.165) is 21.5 Å². The Balaban J connectivity index is 2.13. The van der Waals surface area contributed by atoms with Gasteiger partial charge in [0.1, 0.15) is 5.82 Å². The molecule has 0 saturated heterocycles. The van der Waals surface area contributed by atoms with E-state index in [9.17, 15) is 0 Å². The van der Waals surface area contributed by atoms with Crippen LogP contribution in [0.2, 0.25) is 0 Å². The molecule has 20 heavy (non-hydrogen) atoms. The summed E-state index contributed by atoms with van der Waals surface area (Å²) in [5.41, 5.74) is 1.95. The highest BCUT2D eigenvalue weighted by atomic mass is 79.9. The van der Waals surface area contributed by atoms with Crippen LogP contribution in [0.5, 0.6) is 11.5 Å². The Morgan fingerprint density at radius 3 is 2.55 bits per heavy atom. The summed E-state index contributed by atoms with van der Waals surface area (Å²) < 4.78 is 11.5. The highest BCUT2D eigenvalue weighted by molar-refractivity contribution is 9.10.